The van der Waals surface area contributed by atoms with Crippen molar-refractivity contribution in [2.75, 3.05) is 0 Å². The Morgan fingerprint density at radius 1 is 1.33 bits per heavy atom. The van der Waals surface area contributed by atoms with E-state index in [1.165, 1.54) is 0 Å². The first kappa shape index (κ1) is 11.0. The Morgan fingerprint density at radius 3 is 2.94 bits per heavy atom. The molecule has 3 nitrogen and oxygen atoms in total. The first-order valence-electron chi connectivity index (χ1n) is 6.09. The summed E-state index contributed by atoms with van der Waals surface area (Å²) in [6.45, 7) is 4.02. The van der Waals surface area contributed by atoms with Gasteiger partial charge < -0.3 is 10.4 Å². The minimum Gasteiger partial charge on any atom is -0.359 e. The van der Waals surface area contributed by atoms with E-state index in [-0.39, 0.29) is 5.92 Å². The van der Waals surface area contributed by atoms with Crippen LogP contribution in [-0.2, 0) is 0 Å². The van der Waals surface area contributed by atoms with Crippen LogP contribution >= 0.6 is 0 Å². The summed E-state index contributed by atoms with van der Waals surface area (Å²) in [4.78, 5) is 7.75. The number of rotatable bonds is 1. The maximum atomic E-state index is 8.09. The van der Waals surface area contributed by atoms with Gasteiger partial charge >= 0.3 is 0 Å². The molecule has 0 saturated heterocycles. The predicted octanol–water partition coefficient (Wildman–Crippen LogP) is 3.42. The zero-order valence-corrected chi connectivity index (χ0v) is 10.5. The SMILES string of the molecule is Cc1cccc(-c2c[nH]c3c2C=CC(C)C3=N)n1. The molecule has 3 heteroatoms. The zero-order valence-electron chi connectivity index (χ0n) is 10.5. The van der Waals surface area contributed by atoms with E-state index in [0.29, 0.717) is 5.71 Å². The molecule has 0 radical (unpaired) electrons. The first-order valence-corrected chi connectivity index (χ1v) is 6.09. The highest BCUT2D eigenvalue weighted by atomic mass is 14.8. The third-order valence-corrected chi connectivity index (χ3v) is 3.36. The number of aryl methyl sites for hydroxylation is 1. The highest BCUT2D eigenvalue weighted by molar-refractivity contribution is 6.06. The number of allylic oxidation sites excluding steroid dienone is 1. The van der Waals surface area contributed by atoms with Gasteiger partial charge in [-0.3, -0.25) is 4.98 Å². The van der Waals surface area contributed by atoms with E-state index in [1.807, 2.05) is 38.2 Å². The highest BCUT2D eigenvalue weighted by Gasteiger charge is 2.21. The summed E-state index contributed by atoms with van der Waals surface area (Å²) in [6.07, 6.45) is 6.11. The summed E-state index contributed by atoms with van der Waals surface area (Å²) < 4.78 is 0. The van der Waals surface area contributed by atoms with E-state index in [1.54, 1.807) is 0 Å². The van der Waals surface area contributed by atoms with Crippen molar-refractivity contribution < 1.29 is 0 Å². The largest absolute Gasteiger partial charge is 0.359 e. The van der Waals surface area contributed by atoms with Gasteiger partial charge in [0.2, 0.25) is 0 Å². The maximum absolute atomic E-state index is 8.09. The number of nitrogens with one attached hydrogen (secondary N) is 2. The summed E-state index contributed by atoms with van der Waals surface area (Å²) in [6, 6.07) is 6.01. The molecular weight excluding hydrogens is 222 g/mol. The highest BCUT2D eigenvalue weighted by Crippen LogP contribution is 2.31. The minimum absolute atomic E-state index is 0.175. The van der Waals surface area contributed by atoms with Crippen molar-refractivity contribution in [3.05, 3.63) is 47.4 Å². The Hall–Kier alpha value is -2.16. The molecule has 0 aromatic carbocycles. The zero-order chi connectivity index (χ0) is 12.7. The van der Waals surface area contributed by atoms with Crippen LogP contribution in [0.1, 0.15) is 23.9 Å². The number of aromatic nitrogens is 2. The van der Waals surface area contributed by atoms with Gasteiger partial charge in [0.15, 0.2) is 0 Å². The molecule has 0 bridgehead atoms. The van der Waals surface area contributed by atoms with Crippen molar-refractivity contribution in [3.8, 4) is 11.3 Å². The fourth-order valence-electron chi connectivity index (χ4n) is 2.30. The summed E-state index contributed by atoms with van der Waals surface area (Å²) in [5.41, 5.74) is 5.68. The third-order valence-electron chi connectivity index (χ3n) is 3.36. The molecule has 2 N–H and O–H groups in total. The summed E-state index contributed by atoms with van der Waals surface area (Å²) in [5.74, 6) is 0.175. The van der Waals surface area contributed by atoms with Crippen LogP contribution in [-0.4, -0.2) is 15.7 Å². The molecule has 2 aromatic rings. The quantitative estimate of drug-likeness (QED) is 0.784. The molecule has 3 rings (SSSR count). The molecule has 2 heterocycles. The number of hydrogen-bond donors (Lipinski definition) is 2. The Kier molecular flexibility index (Phi) is 2.40. The average Bonchev–Trinajstić information content (AvgIpc) is 2.78. The van der Waals surface area contributed by atoms with Crippen LogP contribution in [0.15, 0.2) is 30.5 Å². The standard InChI is InChI=1S/C15H15N3/c1-9-6-7-11-12(8-17-15(11)14(9)16)13-5-3-4-10(2)18-13/h3-9,16-17H,1-2H3. The number of pyridine rings is 1. The number of fused-ring (bicyclic) bond motifs is 1. The Labute approximate surface area is 106 Å². The Bertz CT molecular complexity index is 650. The van der Waals surface area contributed by atoms with E-state index in [0.717, 1.165) is 28.2 Å². The molecule has 0 spiro atoms. The number of hydrogen-bond acceptors (Lipinski definition) is 2. The molecule has 0 saturated carbocycles. The van der Waals surface area contributed by atoms with E-state index in [2.05, 4.69) is 22.1 Å². The van der Waals surface area contributed by atoms with Crippen molar-refractivity contribution in [3.63, 3.8) is 0 Å². The van der Waals surface area contributed by atoms with Crippen LogP contribution in [0, 0.1) is 18.3 Å². The van der Waals surface area contributed by atoms with Gasteiger partial charge in [0.25, 0.3) is 0 Å². The molecule has 90 valence electrons. The summed E-state index contributed by atoms with van der Waals surface area (Å²) in [5, 5.41) is 8.09. The summed E-state index contributed by atoms with van der Waals surface area (Å²) in [7, 11) is 0. The number of nitrogens with zero attached hydrogens (tertiary/aromatic N) is 1. The molecule has 1 unspecified atom stereocenters. The van der Waals surface area contributed by atoms with Gasteiger partial charge in [0.1, 0.15) is 0 Å². The molecule has 1 aliphatic rings. The second-order valence-electron chi connectivity index (χ2n) is 4.72. The lowest BCUT2D eigenvalue weighted by atomic mass is 9.92. The van der Waals surface area contributed by atoms with Gasteiger partial charge in [-0.1, -0.05) is 25.1 Å². The average molecular weight is 237 g/mol. The fourth-order valence-corrected chi connectivity index (χ4v) is 2.30. The maximum Gasteiger partial charge on any atom is 0.0726 e. The van der Waals surface area contributed by atoms with Gasteiger partial charge in [0.05, 0.1) is 17.1 Å². The second kappa shape index (κ2) is 3.95. The van der Waals surface area contributed by atoms with Crippen molar-refractivity contribution in [2.24, 2.45) is 5.92 Å². The fraction of sp³-hybridized carbons (Fsp3) is 0.200. The van der Waals surface area contributed by atoms with E-state index in [4.69, 9.17) is 5.41 Å². The Balaban J connectivity index is 2.16. The lowest BCUT2D eigenvalue weighted by Crippen LogP contribution is -2.13. The normalized spacial score (nSPS) is 17.9. The van der Waals surface area contributed by atoms with Crippen molar-refractivity contribution >= 4 is 11.8 Å². The van der Waals surface area contributed by atoms with E-state index in [9.17, 15) is 0 Å². The van der Waals surface area contributed by atoms with Crippen LogP contribution in [0.5, 0.6) is 0 Å². The number of H-pyrrole nitrogens is 1. The molecule has 2 aromatic heterocycles. The molecule has 0 amide bonds. The van der Waals surface area contributed by atoms with Crippen molar-refractivity contribution in [1.82, 2.24) is 9.97 Å². The van der Waals surface area contributed by atoms with Crippen molar-refractivity contribution in [2.45, 2.75) is 13.8 Å². The van der Waals surface area contributed by atoms with Gasteiger partial charge in [-0.25, -0.2) is 0 Å². The molecule has 0 aliphatic heterocycles. The third kappa shape index (κ3) is 1.59. The van der Waals surface area contributed by atoms with Gasteiger partial charge in [-0.15, -0.1) is 0 Å². The lowest BCUT2D eigenvalue weighted by molar-refractivity contribution is 0.975. The van der Waals surface area contributed by atoms with Crippen molar-refractivity contribution in [1.29, 1.82) is 5.41 Å². The molecule has 0 fully saturated rings. The second-order valence-corrected chi connectivity index (χ2v) is 4.72. The molecule has 1 aliphatic carbocycles. The predicted molar refractivity (Wildman–Crippen MR) is 73.8 cm³/mol. The number of aromatic amines is 1. The minimum atomic E-state index is 0.175. The molecule has 18 heavy (non-hydrogen) atoms. The first-order chi connectivity index (χ1) is 8.66. The van der Waals surface area contributed by atoms with E-state index >= 15 is 0 Å². The van der Waals surface area contributed by atoms with Crippen LogP contribution in [0.2, 0.25) is 0 Å². The smallest absolute Gasteiger partial charge is 0.0726 e. The van der Waals surface area contributed by atoms with Crippen LogP contribution in [0.3, 0.4) is 0 Å². The molecular formula is C15H15N3. The topological polar surface area (TPSA) is 52.5 Å². The monoisotopic (exact) mass is 237 g/mol. The van der Waals surface area contributed by atoms with Gasteiger partial charge in [-0.05, 0) is 19.1 Å². The van der Waals surface area contributed by atoms with Gasteiger partial charge in [0, 0.05) is 28.9 Å². The van der Waals surface area contributed by atoms with Gasteiger partial charge in [-0.2, -0.15) is 0 Å². The van der Waals surface area contributed by atoms with E-state index < -0.39 is 0 Å². The van der Waals surface area contributed by atoms with Crippen LogP contribution in [0.25, 0.3) is 17.3 Å². The Morgan fingerprint density at radius 2 is 2.17 bits per heavy atom. The summed E-state index contributed by atoms with van der Waals surface area (Å²) >= 11 is 0. The van der Waals surface area contributed by atoms with Crippen LogP contribution < -0.4 is 0 Å². The lowest BCUT2D eigenvalue weighted by Gasteiger charge is -2.14. The van der Waals surface area contributed by atoms with Crippen LogP contribution in [0.4, 0.5) is 0 Å². The molecule has 1 atom stereocenters.